The fraction of sp³-hybridized carbons (Fsp3) is 0.231. The highest BCUT2D eigenvalue weighted by Crippen LogP contribution is 2.37. The van der Waals surface area contributed by atoms with E-state index in [2.05, 4.69) is 15.6 Å². The first-order valence-electron chi connectivity index (χ1n) is 11.3. The van der Waals surface area contributed by atoms with E-state index >= 15 is 0 Å². The zero-order valence-corrected chi connectivity index (χ0v) is 20.2. The number of aromatic nitrogens is 2. The fourth-order valence-electron chi connectivity index (χ4n) is 3.91. The Balaban J connectivity index is 1.80. The van der Waals surface area contributed by atoms with Gasteiger partial charge in [0.15, 0.2) is 17.3 Å². The molecule has 0 saturated heterocycles. The van der Waals surface area contributed by atoms with Crippen LogP contribution >= 0.6 is 0 Å². The van der Waals surface area contributed by atoms with Gasteiger partial charge in [-0.15, -0.1) is 0 Å². The van der Waals surface area contributed by atoms with Crippen molar-refractivity contribution in [3.05, 3.63) is 71.8 Å². The molecule has 37 heavy (non-hydrogen) atoms. The maximum Gasteiger partial charge on any atom is 0.390 e. The molecule has 0 aliphatic rings. The summed E-state index contributed by atoms with van der Waals surface area (Å²) in [5.74, 6) is -0.633. The molecule has 0 saturated carbocycles. The van der Waals surface area contributed by atoms with E-state index < -0.39 is 18.4 Å². The number of methoxy groups -OCH3 is 1. The summed E-state index contributed by atoms with van der Waals surface area (Å²) in [6.07, 6.45) is -3.85. The maximum atomic E-state index is 14.2. The summed E-state index contributed by atoms with van der Waals surface area (Å²) < 4.78 is 65.3. The number of alkyl halides is 3. The molecule has 0 unspecified atom stereocenters. The van der Waals surface area contributed by atoms with E-state index in [1.54, 1.807) is 42.8 Å². The van der Waals surface area contributed by atoms with Crippen LogP contribution in [0.15, 0.2) is 54.9 Å². The van der Waals surface area contributed by atoms with Gasteiger partial charge in [0.25, 0.3) is 5.91 Å². The first-order valence-corrected chi connectivity index (χ1v) is 11.3. The number of hydrogen-bond acceptors (Lipinski definition) is 5. The summed E-state index contributed by atoms with van der Waals surface area (Å²) >= 11 is 0. The van der Waals surface area contributed by atoms with Gasteiger partial charge in [0.05, 0.1) is 24.7 Å². The third kappa shape index (κ3) is 5.60. The number of halogens is 4. The Morgan fingerprint density at radius 3 is 2.59 bits per heavy atom. The molecule has 0 aliphatic carbocycles. The van der Waals surface area contributed by atoms with Gasteiger partial charge in [0, 0.05) is 37.0 Å². The molecule has 2 N–H and O–H groups in total. The first-order chi connectivity index (χ1) is 17.6. The highest BCUT2D eigenvalue weighted by atomic mass is 19.4. The Morgan fingerprint density at radius 1 is 1.14 bits per heavy atom. The molecule has 194 valence electrons. The molecule has 4 aromatic rings. The van der Waals surface area contributed by atoms with Crippen molar-refractivity contribution < 1.29 is 31.8 Å². The van der Waals surface area contributed by atoms with Crippen molar-refractivity contribution in [3.63, 3.8) is 0 Å². The average molecular weight is 516 g/mol. The summed E-state index contributed by atoms with van der Waals surface area (Å²) in [6, 6.07) is 12.5. The van der Waals surface area contributed by atoms with Crippen LogP contribution in [0.4, 0.5) is 23.2 Å². The second-order valence-corrected chi connectivity index (χ2v) is 8.20. The van der Waals surface area contributed by atoms with Gasteiger partial charge < -0.3 is 20.1 Å². The number of benzene rings is 3. The van der Waals surface area contributed by atoms with Crippen molar-refractivity contribution in [1.82, 2.24) is 14.9 Å². The van der Waals surface area contributed by atoms with E-state index in [1.807, 2.05) is 0 Å². The number of carbonyl (C=O) groups excluding carboxylic acids is 1. The highest BCUT2D eigenvalue weighted by molar-refractivity contribution is 5.96. The fourth-order valence-corrected chi connectivity index (χ4v) is 3.91. The van der Waals surface area contributed by atoms with Gasteiger partial charge in [-0.2, -0.15) is 13.2 Å². The lowest BCUT2D eigenvalue weighted by Gasteiger charge is -2.15. The summed E-state index contributed by atoms with van der Waals surface area (Å²) in [6.45, 7) is 1.42. The average Bonchev–Trinajstić information content (AvgIpc) is 3.27. The molecule has 0 spiro atoms. The number of rotatable bonds is 8. The lowest BCUT2D eigenvalue weighted by Crippen LogP contribution is -2.19. The van der Waals surface area contributed by atoms with Crippen molar-refractivity contribution >= 4 is 22.6 Å². The Hall–Kier alpha value is -4.28. The zero-order chi connectivity index (χ0) is 26.7. The number of anilines is 1. The molecule has 3 aromatic carbocycles. The van der Waals surface area contributed by atoms with E-state index in [1.165, 1.54) is 37.7 Å². The normalized spacial score (nSPS) is 11.4. The largest absolute Gasteiger partial charge is 0.490 e. The number of nitrogens with zero attached hydrogens (tertiary/aromatic N) is 2. The van der Waals surface area contributed by atoms with Crippen LogP contribution in [-0.4, -0.2) is 42.3 Å². The molecular formula is C26H24F4N4O3. The minimum Gasteiger partial charge on any atom is -0.490 e. The maximum absolute atomic E-state index is 14.2. The second-order valence-electron chi connectivity index (χ2n) is 8.20. The number of ether oxygens (including phenoxy) is 2. The van der Waals surface area contributed by atoms with Gasteiger partial charge in [-0.05, 0) is 42.8 Å². The van der Waals surface area contributed by atoms with E-state index in [0.717, 1.165) is 5.56 Å². The van der Waals surface area contributed by atoms with Crippen LogP contribution in [0.2, 0.25) is 0 Å². The van der Waals surface area contributed by atoms with Crippen molar-refractivity contribution in [2.45, 2.75) is 19.5 Å². The quantitative estimate of drug-likeness (QED) is 0.281. The molecule has 0 atom stereocenters. The number of carbonyl (C=O) groups is 1. The lowest BCUT2D eigenvalue weighted by molar-refractivity contribution is -0.131. The van der Waals surface area contributed by atoms with E-state index in [-0.39, 0.29) is 29.7 Å². The van der Waals surface area contributed by atoms with E-state index in [9.17, 15) is 22.4 Å². The van der Waals surface area contributed by atoms with Crippen molar-refractivity contribution in [3.8, 4) is 22.9 Å². The molecule has 0 bridgehead atoms. The van der Waals surface area contributed by atoms with Crippen LogP contribution in [0.5, 0.6) is 17.2 Å². The van der Waals surface area contributed by atoms with Crippen LogP contribution < -0.4 is 20.1 Å². The van der Waals surface area contributed by atoms with Crippen molar-refractivity contribution in [2.75, 3.05) is 26.0 Å². The molecule has 4 rings (SSSR count). The van der Waals surface area contributed by atoms with Gasteiger partial charge in [0.2, 0.25) is 0 Å². The SMILES string of the molecule is CNC(=O)c1ccc(-n2cnc3c(NCCC(F)(F)F)cc(Oc4cccc(F)c4OC)cc32)cc1C. The molecule has 0 aliphatic heterocycles. The molecule has 1 aromatic heterocycles. The summed E-state index contributed by atoms with van der Waals surface area (Å²) in [5, 5.41) is 5.37. The number of amides is 1. The Bertz CT molecular complexity index is 1450. The van der Waals surface area contributed by atoms with Gasteiger partial charge in [-0.3, -0.25) is 9.36 Å². The molecule has 1 amide bonds. The number of hydrogen-bond donors (Lipinski definition) is 2. The third-order valence-electron chi connectivity index (χ3n) is 5.67. The number of imidazole rings is 1. The van der Waals surface area contributed by atoms with Gasteiger partial charge in [-0.1, -0.05) is 6.07 Å². The van der Waals surface area contributed by atoms with Crippen molar-refractivity contribution in [1.29, 1.82) is 0 Å². The van der Waals surface area contributed by atoms with Crippen LogP contribution in [0.1, 0.15) is 22.3 Å². The molecular weight excluding hydrogens is 492 g/mol. The predicted octanol–water partition coefficient (Wildman–Crippen LogP) is 6.00. The third-order valence-corrected chi connectivity index (χ3v) is 5.67. The zero-order valence-electron chi connectivity index (χ0n) is 20.2. The minimum atomic E-state index is -4.33. The smallest absolute Gasteiger partial charge is 0.390 e. The molecule has 11 heteroatoms. The molecule has 0 radical (unpaired) electrons. The minimum absolute atomic E-state index is 0.0972. The Labute approximate surface area is 210 Å². The van der Waals surface area contributed by atoms with Gasteiger partial charge >= 0.3 is 6.18 Å². The molecule has 7 nitrogen and oxygen atoms in total. The number of para-hydroxylation sites is 1. The second kappa shape index (κ2) is 10.4. The van der Waals surface area contributed by atoms with E-state index in [0.29, 0.717) is 28.0 Å². The first kappa shape index (κ1) is 25.8. The highest BCUT2D eigenvalue weighted by Gasteiger charge is 2.26. The summed E-state index contributed by atoms with van der Waals surface area (Å²) in [5.41, 5.74) is 3.15. The number of fused-ring (bicyclic) bond motifs is 1. The number of aryl methyl sites for hydroxylation is 1. The van der Waals surface area contributed by atoms with Gasteiger partial charge in [0.1, 0.15) is 17.6 Å². The van der Waals surface area contributed by atoms with E-state index in [4.69, 9.17) is 9.47 Å². The molecule has 0 fully saturated rings. The van der Waals surface area contributed by atoms with Crippen LogP contribution in [0, 0.1) is 12.7 Å². The Morgan fingerprint density at radius 2 is 1.92 bits per heavy atom. The van der Waals surface area contributed by atoms with Crippen LogP contribution in [0.25, 0.3) is 16.7 Å². The summed E-state index contributed by atoms with van der Waals surface area (Å²) in [7, 11) is 2.85. The van der Waals surface area contributed by atoms with Gasteiger partial charge in [-0.25, -0.2) is 9.37 Å². The Kier molecular flexibility index (Phi) is 7.23. The summed E-state index contributed by atoms with van der Waals surface area (Å²) in [4.78, 5) is 16.5. The number of nitrogens with one attached hydrogen (secondary N) is 2. The van der Waals surface area contributed by atoms with Crippen LogP contribution in [0.3, 0.4) is 0 Å². The molecule has 1 heterocycles. The lowest BCUT2D eigenvalue weighted by atomic mass is 10.1. The monoisotopic (exact) mass is 516 g/mol. The topological polar surface area (TPSA) is 77.4 Å². The standard InChI is InChI=1S/C26H24F4N4O3/c1-15-11-16(7-8-18(15)25(35)31-2)34-14-33-23-20(32-10-9-26(28,29)30)12-17(13-21(23)34)37-22-6-4-5-19(27)24(22)36-3/h4-8,11-14,32H,9-10H2,1-3H3,(H,31,35). The van der Waals surface area contributed by atoms with Crippen LogP contribution in [-0.2, 0) is 0 Å². The van der Waals surface area contributed by atoms with Crippen molar-refractivity contribution in [2.24, 2.45) is 0 Å². The predicted molar refractivity (Wildman–Crippen MR) is 131 cm³/mol.